The van der Waals surface area contributed by atoms with Crippen molar-refractivity contribution in [2.24, 2.45) is 4.99 Å². The number of benzene rings is 2. The van der Waals surface area contributed by atoms with Gasteiger partial charge in [0.2, 0.25) is 5.91 Å². The zero-order valence-electron chi connectivity index (χ0n) is 18.4. The smallest absolute Gasteiger partial charge is 0.248 e. The average molecular weight is 479 g/mol. The van der Waals surface area contributed by atoms with Crippen LogP contribution in [0.2, 0.25) is 0 Å². The largest absolute Gasteiger partial charge is 0.380 e. The van der Waals surface area contributed by atoms with Crippen LogP contribution in [0.15, 0.2) is 46.3 Å². The number of hydrogen-bond acceptors (Lipinski definition) is 5. The highest BCUT2D eigenvalue weighted by Crippen LogP contribution is 2.23. The van der Waals surface area contributed by atoms with Crippen molar-refractivity contribution < 1.29 is 22.3 Å². The van der Waals surface area contributed by atoms with E-state index in [0.29, 0.717) is 24.6 Å². The number of aryl methyl sites for hydroxylation is 2. The van der Waals surface area contributed by atoms with E-state index in [1.807, 2.05) is 25.3 Å². The molecule has 0 saturated carbocycles. The number of amides is 1. The number of nitrogens with zero attached hydrogens (tertiary/aromatic N) is 2. The van der Waals surface area contributed by atoms with Crippen molar-refractivity contribution in [3.8, 4) is 0 Å². The van der Waals surface area contributed by atoms with Gasteiger partial charge in [0.1, 0.15) is 5.82 Å². The molecule has 172 valence electrons. The van der Waals surface area contributed by atoms with Gasteiger partial charge in [0.15, 0.2) is 14.6 Å². The maximum Gasteiger partial charge on any atom is 0.248 e. The van der Waals surface area contributed by atoms with Crippen molar-refractivity contribution in [2.75, 3.05) is 19.0 Å². The van der Waals surface area contributed by atoms with E-state index in [1.54, 1.807) is 0 Å². The van der Waals surface area contributed by atoms with Crippen molar-refractivity contribution in [1.29, 1.82) is 0 Å². The fraction of sp³-hybridized carbons (Fsp3) is 0.391. The quantitative estimate of drug-likeness (QED) is 0.342. The van der Waals surface area contributed by atoms with Gasteiger partial charge < -0.3 is 9.30 Å². The Bertz CT molecular complexity index is 1280. The summed E-state index contributed by atoms with van der Waals surface area (Å²) in [6.45, 7) is 7.67. The normalized spacial score (nSPS) is 12.6. The highest BCUT2D eigenvalue weighted by molar-refractivity contribution is 7.91. The molecule has 9 heteroatoms. The highest BCUT2D eigenvalue weighted by atomic mass is 32.2. The average Bonchev–Trinajstić information content (AvgIpc) is 3.06. The Kier molecular flexibility index (Phi) is 7.97. The monoisotopic (exact) mass is 478 g/mol. The van der Waals surface area contributed by atoms with Gasteiger partial charge in [-0.3, -0.25) is 4.79 Å². The molecule has 0 fully saturated rings. The fourth-order valence-corrected chi connectivity index (χ4v) is 5.88. The zero-order chi connectivity index (χ0) is 23.3. The van der Waals surface area contributed by atoms with Crippen LogP contribution in [0.1, 0.15) is 30.9 Å². The summed E-state index contributed by atoms with van der Waals surface area (Å²) < 4.78 is 46.4. The zero-order valence-corrected chi connectivity index (χ0v) is 20.1. The van der Waals surface area contributed by atoms with E-state index in [9.17, 15) is 17.6 Å². The molecule has 1 amide bonds. The summed E-state index contributed by atoms with van der Waals surface area (Å²) >= 11 is 1.45. The number of ether oxygens (including phenoxy) is 1. The van der Waals surface area contributed by atoms with Crippen LogP contribution in [0.5, 0.6) is 0 Å². The van der Waals surface area contributed by atoms with Gasteiger partial charge >= 0.3 is 0 Å². The van der Waals surface area contributed by atoms with Crippen LogP contribution in [0.4, 0.5) is 4.39 Å². The molecule has 0 bridgehead atoms. The van der Waals surface area contributed by atoms with Crippen molar-refractivity contribution in [1.82, 2.24) is 4.57 Å². The first-order chi connectivity index (χ1) is 15.2. The maximum atomic E-state index is 13.0. The van der Waals surface area contributed by atoms with E-state index in [4.69, 9.17) is 4.74 Å². The summed E-state index contributed by atoms with van der Waals surface area (Å²) in [4.78, 5) is 17.5. The highest BCUT2D eigenvalue weighted by Gasteiger charge is 2.16. The minimum Gasteiger partial charge on any atom is -0.380 e. The molecule has 0 saturated heterocycles. The van der Waals surface area contributed by atoms with Crippen LogP contribution in [-0.4, -0.2) is 37.9 Å². The predicted molar refractivity (Wildman–Crippen MR) is 124 cm³/mol. The minimum absolute atomic E-state index is 0.0120. The first kappa shape index (κ1) is 24.3. The minimum atomic E-state index is -3.58. The van der Waals surface area contributed by atoms with Gasteiger partial charge in [-0.05, 0) is 68.7 Å². The van der Waals surface area contributed by atoms with E-state index in [2.05, 4.69) is 17.1 Å². The van der Waals surface area contributed by atoms with Gasteiger partial charge in [-0.1, -0.05) is 17.4 Å². The Morgan fingerprint density at radius 1 is 1.19 bits per heavy atom. The molecule has 0 radical (unpaired) electrons. The molecule has 3 rings (SSSR count). The summed E-state index contributed by atoms with van der Waals surface area (Å²) in [5, 5.41) is 0. The molecule has 0 aliphatic carbocycles. The first-order valence-corrected chi connectivity index (χ1v) is 12.9. The van der Waals surface area contributed by atoms with E-state index in [-0.39, 0.29) is 29.4 Å². The Balaban J connectivity index is 1.78. The van der Waals surface area contributed by atoms with Crippen LogP contribution in [0.3, 0.4) is 0 Å². The number of aromatic nitrogens is 1. The van der Waals surface area contributed by atoms with Gasteiger partial charge in [0.05, 0.1) is 27.5 Å². The van der Waals surface area contributed by atoms with Gasteiger partial charge in [-0.25, -0.2) is 12.8 Å². The van der Waals surface area contributed by atoms with Crippen molar-refractivity contribution in [3.63, 3.8) is 0 Å². The molecular weight excluding hydrogens is 451 g/mol. The fourth-order valence-electron chi connectivity index (χ4n) is 3.45. The lowest BCUT2D eigenvalue weighted by Crippen LogP contribution is -2.20. The lowest BCUT2D eigenvalue weighted by Gasteiger charge is -2.07. The molecule has 0 atom stereocenters. The van der Waals surface area contributed by atoms with Gasteiger partial charge in [-0.2, -0.15) is 4.99 Å². The molecule has 0 spiro atoms. The van der Waals surface area contributed by atoms with Gasteiger partial charge in [-0.15, -0.1) is 0 Å². The summed E-state index contributed by atoms with van der Waals surface area (Å²) in [7, 11) is -3.58. The van der Waals surface area contributed by atoms with Crippen LogP contribution < -0.4 is 4.80 Å². The third-order valence-corrected chi connectivity index (χ3v) is 8.02. The molecule has 0 aliphatic rings. The number of thiazole rings is 1. The summed E-state index contributed by atoms with van der Waals surface area (Å²) in [6, 6.07) is 8.86. The number of carbonyl (C=O) groups is 1. The number of hydrogen-bond donors (Lipinski definition) is 0. The van der Waals surface area contributed by atoms with Crippen LogP contribution in [0.25, 0.3) is 10.2 Å². The standard InChI is InChI=1S/C23H27FN2O4S2/c1-4-30-12-11-26-20-15-16(2)14-17(3)22(20)31-23(26)25-21(27)6-5-13-32(28,29)19-9-7-18(24)8-10-19/h7-10,14-15H,4-6,11-13H2,1-3H3. The number of rotatable bonds is 9. The summed E-state index contributed by atoms with van der Waals surface area (Å²) in [5.74, 6) is -1.07. The van der Waals surface area contributed by atoms with Gasteiger partial charge in [0, 0.05) is 19.6 Å². The second-order valence-electron chi connectivity index (χ2n) is 7.55. The Labute approximate surface area is 191 Å². The molecule has 6 nitrogen and oxygen atoms in total. The van der Waals surface area contributed by atoms with Crippen molar-refractivity contribution >= 4 is 37.3 Å². The van der Waals surface area contributed by atoms with E-state index >= 15 is 0 Å². The molecule has 3 aromatic rings. The predicted octanol–water partition coefficient (Wildman–Crippen LogP) is 4.18. The maximum absolute atomic E-state index is 13.0. The van der Waals surface area contributed by atoms with E-state index in [0.717, 1.165) is 33.5 Å². The SMILES string of the molecule is CCOCCn1c(=NC(=O)CCCS(=O)(=O)c2ccc(F)cc2)sc2c(C)cc(C)cc21. The lowest BCUT2D eigenvalue weighted by molar-refractivity contribution is -0.118. The number of halogens is 1. The Morgan fingerprint density at radius 2 is 1.91 bits per heavy atom. The Morgan fingerprint density at radius 3 is 2.59 bits per heavy atom. The second-order valence-corrected chi connectivity index (χ2v) is 10.6. The van der Waals surface area contributed by atoms with Crippen molar-refractivity contribution in [2.45, 2.75) is 45.1 Å². The van der Waals surface area contributed by atoms with Crippen LogP contribution >= 0.6 is 11.3 Å². The van der Waals surface area contributed by atoms with Crippen LogP contribution in [-0.2, 0) is 25.9 Å². The molecule has 0 N–H and O–H groups in total. The lowest BCUT2D eigenvalue weighted by atomic mass is 10.1. The van der Waals surface area contributed by atoms with Crippen molar-refractivity contribution in [3.05, 3.63) is 58.1 Å². The van der Waals surface area contributed by atoms with E-state index in [1.165, 1.54) is 23.5 Å². The topological polar surface area (TPSA) is 77.7 Å². The molecule has 0 unspecified atom stereocenters. The summed E-state index contributed by atoms with van der Waals surface area (Å²) in [6.07, 6.45) is 0.155. The van der Waals surface area contributed by atoms with Crippen LogP contribution in [0, 0.1) is 19.7 Å². The van der Waals surface area contributed by atoms with Gasteiger partial charge in [0.25, 0.3) is 0 Å². The first-order valence-electron chi connectivity index (χ1n) is 10.5. The molecule has 1 aromatic heterocycles. The molecular formula is C23H27FN2O4S2. The number of carbonyl (C=O) groups excluding carboxylic acids is 1. The molecule has 32 heavy (non-hydrogen) atoms. The molecule has 0 aliphatic heterocycles. The third-order valence-electron chi connectivity index (χ3n) is 4.97. The molecule has 2 aromatic carbocycles. The number of sulfone groups is 1. The summed E-state index contributed by atoms with van der Waals surface area (Å²) in [5.41, 5.74) is 3.26. The number of fused-ring (bicyclic) bond motifs is 1. The molecule has 1 heterocycles. The third kappa shape index (κ3) is 5.90. The Hall–Kier alpha value is -2.36. The van der Waals surface area contributed by atoms with E-state index < -0.39 is 15.7 Å². The second kappa shape index (κ2) is 10.5.